The maximum absolute atomic E-state index is 12.9. The molecule has 18 heavy (non-hydrogen) atoms. The summed E-state index contributed by atoms with van der Waals surface area (Å²) in [6.45, 7) is -0.0825. The summed E-state index contributed by atoms with van der Waals surface area (Å²) in [5, 5.41) is 22.2. The van der Waals surface area contributed by atoms with Gasteiger partial charge in [-0.05, 0) is 29.6 Å². The smallest absolute Gasteiger partial charge is 0.194 e. The zero-order valence-corrected chi connectivity index (χ0v) is 9.09. The van der Waals surface area contributed by atoms with Crippen molar-refractivity contribution in [2.45, 2.75) is 18.6 Å². The van der Waals surface area contributed by atoms with Crippen molar-refractivity contribution in [1.29, 1.82) is 0 Å². The first-order valence-corrected chi connectivity index (χ1v) is 4.98. The number of aliphatic hydroxyl groups excluding tert-OH is 2. The third-order valence-electron chi connectivity index (χ3n) is 2.30. The molecule has 5 nitrogen and oxygen atoms in total. The van der Waals surface area contributed by atoms with E-state index in [1.165, 1.54) is 0 Å². The Bertz CT molecular complexity index is 454. The van der Waals surface area contributed by atoms with Crippen LogP contribution < -0.4 is 0 Å². The van der Waals surface area contributed by atoms with Crippen LogP contribution in [0, 0.1) is 17.5 Å². The Labute approximate surface area is 100 Å². The fraction of sp³-hybridized carbons (Fsp3) is 0.400. The lowest BCUT2D eigenvalue weighted by atomic mass is 10.0. The fourth-order valence-electron chi connectivity index (χ4n) is 1.36. The van der Waals surface area contributed by atoms with Gasteiger partial charge in [-0.3, -0.25) is 0 Å². The van der Waals surface area contributed by atoms with Gasteiger partial charge in [0.05, 0.1) is 6.10 Å². The number of hydrogen-bond donors (Lipinski definition) is 2. The molecule has 0 fully saturated rings. The Morgan fingerprint density at radius 2 is 1.78 bits per heavy atom. The van der Waals surface area contributed by atoms with E-state index in [1.54, 1.807) is 0 Å². The molecule has 98 valence electrons. The Balaban J connectivity index is 2.83. The second-order valence-corrected chi connectivity index (χ2v) is 3.55. The summed E-state index contributed by atoms with van der Waals surface area (Å²) in [4.78, 5) is 2.44. The number of hydrogen-bond acceptors (Lipinski definition) is 3. The van der Waals surface area contributed by atoms with Gasteiger partial charge in [0, 0.05) is 11.5 Å². The van der Waals surface area contributed by atoms with Gasteiger partial charge >= 0.3 is 0 Å². The van der Waals surface area contributed by atoms with Crippen LogP contribution >= 0.6 is 0 Å². The molecule has 1 aromatic carbocycles. The molecule has 0 saturated carbocycles. The van der Waals surface area contributed by atoms with Gasteiger partial charge in [0.25, 0.3) is 0 Å². The second kappa shape index (κ2) is 6.25. The molecule has 8 heteroatoms. The Hall–Kier alpha value is -1.76. The minimum absolute atomic E-state index is 0.0825. The van der Waals surface area contributed by atoms with E-state index in [9.17, 15) is 23.4 Å². The van der Waals surface area contributed by atoms with Crippen LogP contribution in [0.4, 0.5) is 13.2 Å². The van der Waals surface area contributed by atoms with Gasteiger partial charge in [0.1, 0.15) is 6.10 Å². The van der Waals surface area contributed by atoms with E-state index in [1.807, 2.05) is 0 Å². The Morgan fingerprint density at radius 1 is 1.22 bits per heavy atom. The minimum Gasteiger partial charge on any atom is -0.390 e. The van der Waals surface area contributed by atoms with Crippen molar-refractivity contribution < 1.29 is 23.4 Å². The molecular weight excluding hydrogens is 251 g/mol. The maximum atomic E-state index is 12.9. The molecule has 0 aromatic heterocycles. The van der Waals surface area contributed by atoms with Crippen LogP contribution in [0.3, 0.4) is 0 Å². The molecule has 1 aromatic rings. The van der Waals surface area contributed by atoms with E-state index in [2.05, 4.69) is 10.0 Å². The minimum atomic E-state index is -1.64. The van der Waals surface area contributed by atoms with Crippen LogP contribution in [0.1, 0.15) is 18.1 Å². The predicted octanol–water partition coefficient (Wildman–Crippen LogP) is 2.20. The standard InChI is InChI=1S/C10H10F3N3O2/c11-6-3-5(4-7(12)9(6)13)10(18)8(17)1-2-15-16-14/h3-4,8,10,17-18H,1-2H2. The molecular formula is C10H10F3N3O2. The lowest BCUT2D eigenvalue weighted by Gasteiger charge is -2.17. The quantitative estimate of drug-likeness (QED) is 0.368. The van der Waals surface area contributed by atoms with Gasteiger partial charge in [0.2, 0.25) is 0 Å². The number of benzene rings is 1. The molecule has 0 bridgehead atoms. The average molecular weight is 261 g/mol. The third kappa shape index (κ3) is 3.36. The summed E-state index contributed by atoms with van der Waals surface area (Å²) in [6, 6.07) is 1.19. The van der Waals surface area contributed by atoms with Crippen molar-refractivity contribution in [3.05, 3.63) is 45.6 Å². The third-order valence-corrected chi connectivity index (χ3v) is 2.30. The number of aliphatic hydroxyl groups is 2. The molecule has 2 atom stereocenters. The molecule has 2 unspecified atom stereocenters. The highest BCUT2D eigenvalue weighted by Gasteiger charge is 2.21. The monoisotopic (exact) mass is 261 g/mol. The van der Waals surface area contributed by atoms with Crippen LogP contribution in [0.2, 0.25) is 0 Å². The SMILES string of the molecule is [N-]=[N+]=NCCC(O)C(O)c1cc(F)c(F)c(F)c1. The van der Waals surface area contributed by atoms with Gasteiger partial charge in [-0.1, -0.05) is 5.11 Å². The lowest BCUT2D eigenvalue weighted by Crippen LogP contribution is -2.19. The zero-order chi connectivity index (χ0) is 13.7. The maximum Gasteiger partial charge on any atom is 0.194 e. The number of rotatable bonds is 5. The van der Waals surface area contributed by atoms with Crippen molar-refractivity contribution in [1.82, 2.24) is 0 Å². The first-order chi connectivity index (χ1) is 8.47. The van der Waals surface area contributed by atoms with Crippen molar-refractivity contribution in [3.63, 3.8) is 0 Å². The molecule has 0 saturated heterocycles. The zero-order valence-electron chi connectivity index (χ0n) is 9.09. The highest BCUT2D eigenvalue weighted by Crippen LogP contribution is 2.23. The summed E-state index contributed by atoms with van der Waals surface area (Å²) in [5.41, 5.74) is 7.72. The van der Waals surface area contributed by atoms with E-state index in [0.29, 0.717) is 12.1 Å². The molecule has 0 aliphatic rings. The van der Waals surface area contributed by atoms with Crippen LogP contribution in [0.25, 0.3) is 10.4 Å². The lowest BCUT2D eigenvalue weighted by molar-refractivity contribution is 0.0146. The van der Waals surface area contributed by atoms with Crippen LogP contribution in [0.15, 0.2) is 17.2 Å². The number of halogens is 3. The van der Waals surface area contributed by atoms with Gasteiger partial charge < -0.3 is 10.2 Å². The molecule has 0 aliphatic heterocycles. The molecule has 2 N–H and O–H groups in total. The van der Waals surface area contributed by atoms with E-state index in [-0.39, 0.29) is 18.5 Å². The summed E-state index contributed by atoms with van der Waals surface area (Å²) in [5.74, 6) is -4.55. The summed E-state index contributed by atoms with van der Waals surface area (Å²) < 4.78 is 38.5. The average Bonchev–Trinajstić information content (AvgIpc) is 2.34. The Kier molecular flexibility index (Phi) is 4.96. The highest BCUT2D eigenvalue weighted by atomic mass is 19.2. The van der Waals surface area contributed by atoms with Gasteiger partial charge in [-0.25, -0.2) is 13.2 Å². The first kappa shape index (κ1) is 14.3. The molecule has 0 spiro atoms. The van der Waals surface area contributed by atoms with Crippen molar-refractivity contribution in [2.75, 3.05) is 6.54 Å². The topological polar surface area (TPSA) is 89.2 Å². The molecule has 1 rings (SSSR count). The molecule has 0 radical (unpaired) electrons. The normalized spacial score (nSPS) is 13.8. The molecule has 0 heterocycles. The van der Waals surface area contributed by atoms with Crippen LogP contribution in [0.5, 0.6) is 0 Å². The fourth-order valence-corrected chi connectivity index (χ4v) is 1.36. The summed E-state index contributed by atoms with van der Waals surface area (Å²) in [7, 11) is 0. The summed E-state index contributed by atoms with van der Waals surface area (Å²) >= 11 is 0. The van der Waals surface area contributed by atoms with Gasteiger partial charge in [0.15, 0.2) is 17.5 Å². The van der Waals surface area contributed by atoms with Crippen molar-refractivity contribution in [2.24, 2.45) is 5.11 Å². The molecule has 0 aliphatic carbocycles. The van der Waals surface area contributed by atoms with Gasteiger partial charge in [-0.2, -0.15) is 0 Å². The van der Waals surface area contributed by atoms with Crippen LogP contribution in [-0.4, -0.2) is 22.9 Å². The Morgan fingerprint density at radius 3 is 2.28 bits per heavy atom. The second-order valence-electron chi connectivity index (χ2n) is 3.55. The van der Waals surface area contributed by atoms with E-state index >= 15 is 0 Å². The van der Waals surface area contributed by atoms with E-state index in [0.717, 1.165) is 0 Å². The van der Waals surface area contributed by atoms with Crippen LogP contribution in [-0.2, 0) is 0 Å². The van der Waals surface area contributed by atoms with E-state index < -0.39 is 29.7 Å². The largest absolute Gasteiger partial charge is 0.390 e. The van der Waals surface area contributed by atoms with Crippen molar-refractivity contribution >= 4 is 0 Å². The van der Waals surface area contributed by atoms with Crippen molar-refractivity contribution in [3.8, 4) is 0 Å². The molecule has 0 amide bonds. The van der Waals surface area contributed by atoms with E-state index in [4.69, 9.17) is 5.53 Å². The summed E-state index contributed by atoms with van der Waals surface area (Å²) in [6.07, 6.45) is -3.06. The highest BCUT2D eigenvalue weighted by molar-refractivity contribution is 5.22. The number of azide groups is 1. The number of nitrogens with zero attached hydrogens (tertiary/aromatic N) is 3. The predicted molar refractivity (Wildman–Crippen MR) is 55.9 cm³/mol. The first-order valence-electron chi connectivity index (χ1n) is 4.98. The van der Waals surface area contributed by atoms with Gasteiger partial charge in [-0.15, -0.1) is 0 Å².